The van der Waals surface area contributed by atoms with Crippen LogP contribution in [-0.4, -0.2) is 64.6 Å². The average Bonchev–Trinajstić information content (AvgIpc) is 2.75. The summed E-state index contributed by atoms with van der Waals surface area (Å²) in [5.74, 6) is 2.25. The van der Waals surface area contributed by atoms with Gasteiger partial charge in [0.2, 0.25) is 11.8 Å². The molecule has 4 heterocycles. The maximum absolute atomic E-state index is 12.7. The molecule has 2 aromatic rings. The van der Waals surface area contributed by atoms with E-state index >= 15 is 0 Å². The second-order valence-electron chi connectivity index (χ2n) is 7.47. The van der Waals surface area contributed by atoms with Crippen molar-refractivity contribution in [3.05, 3.63) is 36.0 Å². The van der Waals surface area contributed by atoms with E-state index in [1.165, 1.54) is 0 Å². The Bertz CT molecular complexity index is 869. The number of aromatic nitrogens is 3. The molecular weight excluding hydrogens is 370 g/mol. The van der Waals surface area contributed by atoms with Gasteiger partial charge in [0.05, 0.1) is 5.92 Å². The van der Waals surface area contributed by atoms with Crippen LogP contribution in [0.25, 0.3) is 0 Å². The van der Waals surface area contributed by atoms with Gasteiger partial charge in [0, 0.05) is 45.3 Å². The molecule has 0 radical (unpaired) electrons. The molecule has 0 saturated carbocycles. The zero-order valence-corrected chi connectivity index (χ0v) is 16.5. The molecule has 2 saturated heterocycles. The molecule has 1 atom stereocenters. The number of piperidine rings is 1. The van der Waals surface area contributed by atoms with Crippen molar-refractivity contribution in [3.8, 4) is 0 Å². The summed E-state index contributed by atoms with van der Waals surface area (Å²) in [6.07, 6.45) is 2.83. The molecule has 0 aliphatic carbocycles. The molecule has 2 aromatic heterocycles. The first kappa shape index (κ1) is 19.1. The Kier molecular flexibility index (Phi) is 5.55. The molecule has 152 valence electrons. The van der Waals surface area contributed by atoms with Gasteiger partial charge in [-0.2, -0.15) is 0 Å². The van der Waals surface area contributed by atoms with E-state index in [0.717, 1.165) is 17.2 Å². The van der Waals surface area contributed by atoms with E-state index in [9.17, 15) is 9.59 Å². The van der Waals surface area contributed by atoms with E-state index in [1.807, 2.05) is 36.1 Å². The number of rotatable bonds is 4. The molecule has 2 aliphatic rings. The minimum Gasteiger partial charge on any atom is -0.355 e. The summed E-state index contributed by atoms with van der Waals surface area (Å²) in [6.45, 7) is 5.19. The van der Waals surface area contributed by atoms with Crippen molar-refractivity contribution in [2.45, 2.75) is 19.8 Å². The highest BCUT2D eigenvalue weighted by molar-refractivity contribution is 5.84. The van der Waals surface area contributed by atoms with Gasteiger partial charge in [0.1, 0.15) is 5.82 Å². The van der Waals surface area contributed by atoms with E-state index in [0.29, 0.717) is 51.4 Å². The number of carbonyl (C=O) groups is 2. The third-order valence-electron chi connectivity index (χ3n) is 5.35. The number of nitrogens with zero attached hydrogens (tertiary/aromatic N) is 5. The fraction of sp³-hybridized carbons (Fsp3) is 0.450. The van der Waals surface area contributed by atoms with Gasteiger partial charge in [-0.1, -0.05) is 0 Å². The minimum atomic E-state index is -0.0976. The molecule has 9 nitrogen and oxygen atoms in total. The molecule has 4 rings (SSSR count). The van der Waals surface area contributed by atoms with Crippen molar-refractivity contribution >= 4 is 29.3 Å². The molecule has 2 amide bonds. The predicted octanol–water partition coefficient (Wildman–Crippen LogP) is 1.10. The lowest BCUT2D eigenvalue weighted by atomic mass is 9.97. The number of anilines is 3. The minimum absolute atomic E-state index is 0.0357. The van der Waals surface area contributed by atoms with Crippen LogP contribution in [0.4, 0.5) is 17.5 Å². The molecule has 2 aliphatic heterocycles. The summed E-state index contributed by atoms with van der Waals surface area (Å²) in [4.78, 5) is 32.2. The molecular formula is C20H25N7O2. The van der Waals surface area contributed by atoms with Crippen LogP contribution in [0.15, 0.2) is 30.5 Å². The molecule has 29 heavy (non-hydrogen) atoms. The SMILES string of the molecule is Cc1ccnc(Nc2ccc(N3CCN(C(=O)C4CCC(=O)NC4)CC3)nn2)c1. The Morgan fingerprint density at radius 2 is 1.97 bits per heavy atom. The van der Waals surface area contributed by atoms with Gasteiger partial charge in [-0.15, -0.1) is 10.2 Å². The van der Waals surface area contributed by atoms with Crippen molar-refractivity contribution in [1.29, 1.82) is 0 Å². The maximum atomic E-state index is 12.7. The highest BCUT2D eigenvalue weighted by Crippen LogP contribution is 2.19. The number of hydrogen-bond donors (Lipinski definition) is 2. The van der Waals surface area contributed by atoms with Crippen molar-refractivity contribution in [2.24, 2.45) is 5.92 Å². The molecule has 0 aromatic carbocycles. The lowest BCUT2D eigenvalue weighted by Gasteiger charge is -2.37. The third-order valence-corrected chi connectivity index (χ3v) is 5.35. The van der Waals surface area contributed by atoms with E-state index < -0.39 is 0 Å². The maximum Gasteiger partial charge on any atom is 0.227 e. The summed E-state index contributed by atoms with van der Waals surface area (Å²) < 4.78 is 0. The van der Waals surface area contributed by atoms with Gasteiger partial charge in [0.25, 0.3) is 0 Å². The van der Waals surface area contributed by atoms with Gasteiger partial charge in [-0.05, 0) is 43.2 Å². The first-order valence-corrected chi connectivity index (χ1v) is 9.92. The van der Waals surface area contributed by atoms with Crippen LogP contribution in [-0.2, 0) is 9.59 Å². The number of piperazine rings is 1. The number of nitrogens with one attached hydrogen (secondary N) is 2. The molecule has 2 fully saturated rings. The zero-order valence-electron chi connectivity index (χ0n) is 16.5. The lowest BCUT2D eigenvalue weighted by molar-refractivity contribution is -0.137. The van der Waals surface area contributed by atoms with Gasteiger partial charge in [-0.25, -0.2) is 4.98 Å². The Balaban J connectivity index is 1.30. The largest absolute Gasteiger partial charge is 0.355 e. The van der Waals surface area contributed by atoms with Crippen molar-refractivity contribution < 1.29 is 9.59 Å². The van der Waals surface area contributed by atoms with Gasteiger partial charge in [0.15, 0.2) is 11.6 Å². The van der Waals surface area contributed by atoms with E-state index in [4.69, 9.17) is 0 Å². The number of amides is 2. The van der Waals surface area contributed by atoms with Gasteiger partial charge < -0.3 is 20.4 Å². The van der Waals surface area contributed by atoms with E-state index in [-0.39, 0.29) is 17.7 Å². The monoisotopic (exact) mass is 395 g/mol. The first-order chi connectivity index (χ1) is 14.1. The smallest absolute Gasteiger partial charge is 0.227 e. The third kappa shape index (κ3) is 4.61. The summed E-state index contributed by atoms with van der Waals surface area (Å²) in [6, 6.07) is 7.70. The van der Waals surface area contributed by atoms with Crippen LogP contribution < -0.4 is 15.5 Å². The highest BCUT2D eigenvalue weighted by Gasteiger charge is 2.30. The molecule has 9 heteroatoms. The van der Waals surface area contributed by atoms with Crippen LogP contribution in [0.1, 0.15) is 18.4 Å². The Morgan fingerprint density at radius 1 is 1.14 bits per heavy atom. The number of carbonyl (C=O) groups excluding carboxylic acids is 2. The van der Waals surface area contributed by atoms with Crippen molar-refractivity contribution in [3.63, 3.8) is 0 Å². The van der Waals surface area contributed by atoms with Crippen molar-refractivity contribution in [1.82, 2.24) is 25.4 Å². The number of pyridine rings is 1. The molecule has 2 N–H and O–H groups in total. The van der Waals surface area contributed by atoms with Crippen LogP contribution in [0, 0.1) is 12.8 Å². The molecule has 1 unspecified atom stereocenters. The Labute approximate surface area is 169 Å². The normalized spacial score (nSPS) is 19.6. The zero-order chi connectivity index (χ0) is 20.2. The quantitative estimate of drug-likeness (QED) is 0.799. The van der Waals surface area contributed by atoms with E-state index in [2.05, 4.69) is 30.7 Å². The second kappa shape index (κ2) is 8.42. The van der Waals surface area contributed by atoms with Crippen LogP contribution in [0.3, 0.4) is 0 Å². The standard InChI is InChI=1S/C20H25N7O2/c1-14-6-7-21-17(12-14)23-16-3-4-18(25-24-16)26-8-10-27(11-9-26)20(29)15-2-5-19(28)22-13-15/h3-4,6-7,12,15H,2,5,8-11,13H2,1H3,(H,22,28)(H,21,23,24). The number of hydrogen-bond acceptors (Lipinski definition) is 7. The highest BCUT2D eigenvalue weighted by atomic mass is 16.2. The summed E-state index contributed by atoms with van der Waals surface area (Å²) in [5.41, 5.74) is 1.12. The Morgan fingerprint density at radius 3 is 2.62 bits per heavy atom. The summed E-state index contributed by atoms with van der Waals surface area (Å²) in [7, 11) is 0. The van der Waals surface area contributed by atoms with Crippen LogP contribution >= 0.6 is 0 Å². The van der Waals surface area contributed by atoms with Gasteiger partial charge in [-0.3, -0.25) is 9.59 Å². The van der Waals surface area contributed by atoms with Gasteiger partial charge >= 0.3 is 0 Å². The molecule has 0 spiro atoms. The first-order valence-electron chi connectivity index (χ1n) is 9.92. The fourth-order valence-corrected chi connectivity index (χ4v) is 3.65. The topological polar surface area (TPSA) is 103 Å². The number of aryl methyl sites for hydroxylation is 1. The Hall–Kier alpha value is -3.23. The molecule has 0 bridgehead atoms. The summed E-state index contributed by atoms with van der Waals surface area (Å²) >= 11 is 0. The van der Waals surface area contributed by atoms with Crippen LogP contribution in [0.2, 0.25) is 0 Å². The second-order valence-corrected chi connectivity index (χ2v) is 7.47. The fourth-order valence-electron chi connectivity index (χ4n) is 3.65. The van der Waals surface area contributed by atoms with E-state index in [1.54, 1.807) is 6.20 Å². The van der Waals surface area contributed by atoms with Crippen LogP contribution in [0.5, 0.6) is 0 Å². The summed E-state index contributed by atoms with van der Waals surface area (Å²) in [5, 5.41) is 14.5. The average molecular weight is 395 g/mol. The van der Waals surface area contributed by atoms with Crippen molar-refractivity contribution in [2.75, 3.05) is 42.9 Å². The lowest BCUT2D eigenvalue weighted by Crippen LogP contribution is -2.52. The predicted molar refractivity (Wildman–Crippen MR) is 109 cm³/mol.